The normalized spacial score (nSPS) is 20.2. The second-order valence-corrected chi connectivity index (χ2v) is 9.34. The number of hydrogen-bond acceptors (Lipinski definition) is 10. The van der Waals surface area contributed by atoms with E-state index in [0.717, 1.165) is 11.6 Å². The molecule has 196 valence electrons. The van der Waals surface area contributed by atoms with Crippen molar-refractivity contribution in [2.45, 2.75) is 51.9 Å². The number of aromatic hydroxyl groups is 1. The summed E-state index contributed by atoms with van der Waals surface area (Å²) in [6.07, 6.45) is 2.65. The van der Waals surface area contributed by atoms with Gasteiger partial charge in [0.05, 0.1) is 6.61 Å². The summed E-state index contributed by atoms with van der Waals surface area (Å²) < 4.78 is 17.9. The lowest BCUT2D eigenvalue weighted by atomic mass is 9.76. The Kier molecular flexibility index (Phi) is 7.24. The average Bonchev–Trinajstić information content (AvgIpc) is 2.88. The van der Waals surface area contributed by atoms with Crippen LogP contribution in [0.25, 0.3) is 11.0 Å². The van der Waals surface area contributed by atoms with Gasteiger partial charge >= 0.3 is 5.97 Å². The standard InChI is InChI=1S/C27H30N2O8/c1-4-14(2)26(34)36-22-9-18-20(10-21-24(25(18)33)19(32)8-17(13-31)35-21)37-27(22,3)16(12-30)7-15-5-6-23(28)29-11-15/h4-6,8,10-11,16,22,30-31,33H,7,9,12-13H2,1-3H3,(H2,28,29). The van der Waals surface area contributed by atoms with Gasteiger partial charge in [0.15, 0.2) is 5.43 Å². The first kappa shape index (κ1) is 26.2. The number of fused-ring (bicyclic) bond motifs is 2. The molecule has 1 aromatic carbocycles. The highest BCUT2D eigenvalue weighted by Crippen LogP contribution is 2.46. The van der Waals surface area contributed by atoms with Crippen molar-refractivity contribution in [3.63, 3.8) is 0 Å². The van der Waals surface area contributed by atoms with Gasteiger partial charge in [-0.1, -0.05) is 12.1 Å². The number of carbonyl (C=O) groups is 1. The zero-order valence-electron chi connectivity index (χ0n) is 20.9. The number of aliphatic hydroxyl groups excluding tert-OH is 2. The minimum atomic E-state index is -1.25. The van der Waals surface area contributed by atoms with Crippen LogP contribution in [0.1, 0.15) is 37.7 Å². The third kappa shape index (κ3) is 4.90. The summed E-state index contributed by atoms with van der Waals surface area (Å²) in [5, 5.41) is 30.9. The first-order chi connectivity index (χ1) is 17.6. The van der Waals surface area contributed by atoms with Gasteiger partial charge in [-0.05, 0) is 38.8 Å². The maximum atomic E-state index is 12.8. The Balaban J connectivity index is 1.83. The van der Waals surface area contributed by atoms with Gasteiger partial charge in [-0.15, -0.1) is 0 Å². The Morgan fingerprint density at radius 2 is 2.11 bits per heavy atom. The average molecular weight is 511 g/mol. The summed E-state index contributed by atoms with van der Waals surface area (Å²) in [5.41, 5.74) is 5.42. The molecule has 0 saturated carbocycles. The van der Waals surface area contributed by atoms with Gasteiger partial charge in [0.2, 0.25) is 0 Å². The molecule has 0 radical (unpaired) electrons. The molecule has 10 heteroatoms. The Labute approximate surface area is 213 Å². The molecular formula is C27H30N2O8. The van der Waals surface area contributed by atoms with Gasteiger partial charge in [-0.3, -0.25) is 4.79 Å². The molecule has 0 saturated heterocycles. The monoisotopic (exact) mass is 510 g/mol. The summed E-state index contributed by atoms with van der Waals surface area (Å²) >= 11 is 0. The molecule has 1 aliphatic heterocycles. The first-order valence-electron chi connectivity index (χ1n) is 11.9. The SMILES string of the molecule is CC=C(C)C(=O)OC1Cc2c(cc3oc(CO)cc(=O)c3c2O)OC1(C)C(CO)Cc1ccc(N)nc1. The maximum absolute atomic E-state index is 12.8. The number of phenolic OH excluding ortho intramolecular Hbond substituents is 1. The number of allylic oxidation sites excluding steroid dienone is 1. The summed E-state index contributed by atoms with van der Waals surface area (Å²) in [6, 6.07) is 6.02. The van der Waals surface area contributed by atoms with Crippen LogP contribution in [0.3, 0.4) is 0 Å². The van der Waals surface area contributed by atoms with Crippen molar-refractivity contribution in [3.8, 4) is 11.5 Å². The van der Waals surface area contributed by atoms with Gasteiger partial charge in [0.1, 0.15) is 52.4 Å². The van der Waals surface area contributed by atoms with Crippen LogP contribution in [0.4, 0.5) is 5.82 Å². The topological polar surface area (TPSA) is 165 Å². The molecular weight excluding hydrogens is 480 g/mol. The predicted molar refractivity (Wildman–Crippen MR) is 135 cm³/mol. The van der Waals surface area contributed by atoms with E-state index in [9.17, 15) is 24.9 Å². The van der Waals surface area contributed by atoms with E-state index in [4.69, 9.17) is 19.6 Å². The van der Waals surface area contributed by atoms with Crippen molar-refractivity contribution in [1.82, 2.24) is 4.98 Å². The lowest BCUT2D eigenvalue weighted by Gasteiger charge is -2.46. The van der Waals surface area contributed by atoms with Gasteiger partial charge in [0, 0.05) is 41.8 Å². The number of anilines is 1. The smallest absolute Gasteiger partial charge is 0.333 e. The number of hydrogen-bond donors (Lipinski definition) is 4. The molecule has 5 N–H and O–H groups in total. The highest BCUT2D eigenvalue weighted by molar-refractivity contribution is 5.88. The Bertz CT molecular complexity index is 1410. The van der Waals surface area contributed by atoms with Crippen molar-refractivity contribution in [3.05, 3.63) is 69.2 Å². The third-order valence-electron chi connectivity index (χ3n) is 6.99. The number of nitrogens with zero attached hydrogens (tertiary/aromatic N) is 1. The Morgan fingerprint density at radius 1 is 1.35 bits per heavy atom. The van der Waals surface area contributed by atoms with Crippen molar-refractivity contribution >= 4 is 22.8 Å². The van der Waals surface area contributed by atoms with E-state index in [1.54, 1.807) is 45.2 Å². The van der Waals surface area contributed by atoms with Crippen molar-refractivity contribution in [2.75, 3.05) is 12.3 Å². The molecule has 3 unspecified atom stereocenters. The number of nitrogen functional groups attached to an aromatic ring is 1. The second-order valence-electron chi connectivity index (χ2n) is 9.34. The summed E-state index contributed by atoms with van der Waals surface area (Å²) in [4.78, 5) is 29.5. The third-order valence-corrected chi connectivity index (χ3v) is 6.99. The van der Waals surface area contributed by atoms with E-state index in [0.29, 0.717) is 17.8 Å². The molecule has 0 bridgehead atoms. The fourth-order valence-electron chi connectivity index (χ4n) is 4.56. The zero-order valence-corrected chi connectivity index (χ0v) is 20.9. The van der Waals surface area contributed by atoms with Crippen LogP contribution in [0, 0.1) is 5.92 Å². The number of esters is 1. The van der Waals surface area contributed by atoms with E-state index in [1.807, 2.05) is 0 Å². The molecule has 37 heavy (non-hydrogen) atoms. The van der Waals surface area contributed by atoms with Crippen LogP contribution in [0.5, 0.6) is 11.5 Å². The molecule has 1 aliphatic rings. The lowest BCUT2D eigenvalue weighted by Crippen LogP contribution is -2.57. The number of benzene rings is 1. The molecule has 0 amide bonds. The number of nitrogens with two attached hydrogens (primary N) is 1. The number of aromatic nitrogens is 1. The van der Waals surface area contributed by atoms with Crippen LogP contribution >= 0.6 is 0 Å². The molecule has 3 heterocycles. The molecule has 3 atom stereocenters. The lowest BCUT2D eigenvalue weighted by molar-refractivity contribution is -0.166. The van der Waals surface area contributed by atoms with Gasteiger partial charge < -0.3 is 34.9 Å². The van der Waals surface area contributed by atoms with Crippen molar-refractivity contribution in [2.24, 2.45) is 5.92 Å². The first-order valence-corrected chi connectivity index (χ1v) is 11.9. The quantitative estimate of drug-likeness (QED) is 0.274. The van der Waals surface area contributed by atoms with E-state index in [2.05, 4.69) is 4.98 Å². The van der Waals surface area contributed by atoms with Crippen LogP contribution in [-0.2, 0) is 29.0 Å². The molecule has 0 aliphatic carbocycles. The molecule has 0 spiro atoms. The number of phenols is 1. The minimum absolute atomic E-state index is 0.0218. The van der Waals surface area contributed by atoms with Gasteiger partial charge in [-0.2, -0.15) is 0 Å². The number of pyridine rings is 1. The van der Waals surface area contributed by atoms with Crippen molar-refractivity contribution < 1.29 is 34.0 Å². The predicted octanol–water partition coefficient (Wildman–Crippen LogP) is 2.39. The molecule has 0 fully saturated rings. The number of carbonyl (C=O) groups excluding carboxylic acids is 1. The highest BCUT2D eigenvalue weighted by atomic mass is 16.6. The van der Waals surface area contributed by atoms with Crippen molar-refractivity contribution in [1.29, 1.82) is 0 Å². The maximum Gasteiger partial charge on any atom is 0.333 e. The summed E-state index contributed by atoms with van der Waals surface area (Å²) in [5.74, 6) is -0.867. The van der Waals surface area contributed by atoms with Gasteiger partial charge in [0.25, 0.3) is 0 Å². The molecule has 10 nitrogen and oxygen atoms in total. The van der Waals surface area contributed by atoms with E-state index in [-0.39, 0.29) is 46.8 Å². The summed E-state index contributed by atoms with van der Waals surface area (Å²) in [6.45, 7) is 4.26. The number of aliphatic hydroxyl groups is 2. The van der Waals surface area contributed by atoms with Crippen LogP contribution in [-0.4, -0.2) is 44.6 Å². The van der Waals surface area contributed by atoms with E-state index >= 15 is 0 Å². The zero-order chi connectivity index (χ0) is 26.9. The molecule has 3 aromatic rings. The van der Waals surface area contributed by atoms with Crippen LogP contribution in [0.15, 0.2) is 51.3 Å². The molecule has 2 aromatic heterocycles. The van der Waals surface area contributed by atoms with E-state index < -0.39 is 35.6 Å². The Morgan fingerprint density at radius 3 is 2.73 bits per heavy atom. The fourth-order valence-corrected chi connectivity index (χ4v) is 4.56. The highest BCUT2D eigenvalue weighted by Gasteiger charge is 2.50. The van der Waals surface area contributed by atoms with Crippen LogP contribution in [0.2, 0.25) is 0 Å². The Hall–Kier alpha value is -3.89. The second kappa shape index (κ2) is 10.2. The van der Waals surface area contributed by atoms with Gasteiger partial charge in [-0.25, -0.2) is 9.78 Å². The molecule has 4 rings (SSSR count). The van der Waals surface area contributed by atoms with E-state index in [1.165, 1.54) is 6.07 Å². The number of ether oxygens (including phenoxy) is 2. The largest absolute Gasteiger partial charge is 0.507 e. The summed E-state index contributed by atoms with van der Waals surface area (Å²) in [7, 11) is 0. The minimum Gasteiger partial charge on any atom is -0.507 e. The van der Waals surface area contributed by atoms with Crippen LogP contribution < -0.4 is 15.9 Å². The number of rotatable bonds is 7. The fraction of sp³-hybridized carbons (Fsp3) is 0.370.